The SMILES string of the molecule is CC(C)(C)OC(=O)NC[C@H](Cc1ccc(F)c(F)c1)C(=O)O. The molecule has 0 aliphatic rings. The molecule has 0 fully saturated rings. The van der Waals surface area contributed by atoms with Crippen molar-refractivity contribution in [1.82, 2.24) is 5.32 Å². The summed E-state index contributed by atoms with van der Waals surface area (Å²) in [4.78, 5) is 22.7. The van der Waals surface area contributed by atoms with E-state index < -0.39 is 35.2 Å². The number of ether oxygens (including phenoxy) is 1. The van der Waals surface area contributed by atoms with E-state index >= 15 is 0 Å². The predicted molar refractivity (Wildman–Crippen MR) is 75.4 cm³/mol. The summed E-state index contributed by atoms with van der Waals surface area (Å²) in [5.41, 5.74) is -0.361. The molecule has 1 rings (SSSR count). The maximum Gasteiger partial charge on any atom is 0.407 e. The van der Waals surface area contributed by atoms with Gasteiger partial charge in [-0.2, -0.15) is 0 Å². The van der Waals surface area contributed by atoms with E-state index in [0.29, 0.717) is 5.56 Å². The zero-order valence-electron chi connectivity index (χ0n) is 12.7. The van der Waals surface area contributed by atoms with Gasteiger partial charge in [0, 0.05) is 6.54 Å². The van der Waals surface area contributed by atoms with E-state index in [9.17, 15) is 18.4 Å². The summed E-state index contributed by atoms with van der Waals surface area (Å²) in [7, 11) is 0. The zero-order valence-corrected chi connectivity index (χ0v) is 12.7. The van der Waals surface area contributed by atoms with Gasteiger partial charge in [-0.25, -0.2) is 13.6 Å². The molecule has 0 spiro atoms. The van der Waals surface area contributed by atoms with Crippen molar-refractivity contribution in [2.45, 2.75) is 32.8 Å². The Hall–Kier alpha value is -2.18. The Kier molecular flexibility index (Phi) is 5.84. The van der Waals surface area contributed by atoms with Gasteiger partial charge in [-0.1, -0.05) is 6.07 Å². The summed E-state index contributed by atoms with van der Waals surface area (Å²) >= 11 is 0. The van der Waals surface area contributed by atoms with Gasteiger partial charge in [0.2, 0.25) is 0 Å². The number of halogens is 2. The summed E-state index contributed by atoms with van der Waals surface area (Å²) in [6.45, 7) is 4.87. The molecular weight excluding hydrogens is 296 g/mol. The van der Waals surface area contributed by atoms with Crippen LogP contribution in [-0.2, 0) is 16.0 Å². The van der Waals surface area contributed by atoms with E-state index in [1.54, 1.807) is 20.8 Å². The highest BCUT2D eigenvalue weighted by molar-refractivity contribution is 5.73. The average Bonchev–Trinajstić information content (AvgIpc) is 2.36. The van der Waals surface area contributed by atoms with Crippen LogP contribution in [0, 0.1) is 17.6 Å². The third-order valence-corrected chi connectivity index (χ3v) is 2.71. The third kappa shape index (κ3) is 6.07. The number of carbonyl (C=O) groups is 2. The Morgan fingerprint density at radius 1 is 1.27 bits per heavy atom. The number of carboxylic acids is 1. The van der Waals surface area contributed by atoms with Crippen molar-refractivity contribution >= 4 is 12.1 Å². The molecule has 5 nitrogen and oxygen atoms in total. The van der Waals surface area contributed by atoms with Crippen molar-refractivity contribution in [2.75, 3.05) is 6.54 Å². The maximum absolute atomic E-state index is 13.1. The first-order valence-corrected chi connectivity index (χ1v) is 6.72. The first-order valence-electron chi connectivity index (χ1n) is 6.72. The summed E-state index contributed by atoms with van der Waals surface area (Å²) in [6.07, 6.45) is -0.772. The summed E-state index contributed by atoms with van der Waals surface area (Å²) < 4.78 is 31.0. The smallest absolute Gasteiger partial charge is 0.407 e. The molecular formula is C15H19F2NO4. The molecule has 1 aromatic carbocycles. The summed E-state index contributed by atoms with van der Waals surface area (Å²) in [6, 6.07) is 3.19. The van der Waals surface area contributed by atoms with Crippen molar-refractivity contribution in [2.24, 2.45) is 5.92 Å². The van der Waals surface area contributed by atoms with Crippen molar-refractivity contribution in [3.05, 3.63) is 35.4 Å². The van der Waals surface area contributed by atoms with Gasteiger partial charge in [0.15, 0.2) is 11.6 Å². The molecule has 1 aromatic rings. The fraction of sp³-hybridized carbons (Fsp3) is 0.467. The highest BCUT2D eigenvalue weighted by atomic mass is 19.2. The topological polar surface area (TPSA) is 75.6 Å². The molecule has 1 atom stereocenters. The van der Waals surface area contributed by atoms with Crippen LogP contribution in [0.5, 0.6) is 0 Å². The maximum atomic E-state index is 13.1. The molecule has 0 bridgehead atoms. The zero-order chi connectivity index (χ0) is 16.9. The number of carbonyl (C=O) groups excluding carboxylic acids is 1. The lowest BCUT2D eigenvalue weighted by atomic mass is 9.99. The van der Waals surface area contributed by atoms with Gasteiger partial charge >= 0.3 is 12.1 Å². The van der Waals surface area contributed by atoms with Gasteiger partial charge in [-0.05, 0) is 44.9 Å². The van der Waals surface area contributed by atoms with Crippen LogP contribution in [-0.4, -0.2) is 29.3 Å². The van der Waals surface area contributed by atoms with Gasteiger partial charge in [-0.15, -0.1) is 0 Å². The van der Waals surface area contributed by atoms with Crippen LogP contribution in [0.15, 0.2) is 18.2 Å². The minimum Gasteiger partial charge on any atom is -0.481 e. The number of nitrogens with one attached hydrogen (secondary N) is 1. The lowest BCUT2D eigenvalue weighted by molar-refractivity contribution is -0.141. The first kappa shape index (κ1) is 17.9. The van der Waals surface area contributed by atoms with Crippen LogP contribution in [0.25, 0.3) is 0 Å². The van der Waals surface area contributed by atoms with Gasteiger partial charge in [0.25, 0.3) is 0 Å². The van der Waals surface area contributed by atoms with Crippen molar-refractivity contribution in [3.63, 3.8) is 0 Å². The molecule has 2 N–H and O–H groups in total. The second-order valence-electron chi connectivity index (χ2n) is 5.87. The average molecular weight is 315 g/mol. The Labute approximate surface area is 127 Å². The second kappa shape index (κ2) is 7.20. The number of amides is 1. The minimum absolute atomic E-state index is 0.0394. The number of alkyl carbamates (subject to hydrolysis) is 1. The number of rotatable bonds is 5. The normalized spacial score (nSPS) is 12.6. The molecule has 7 heteroatoms. The Balaban J connectivity index is 2.64. The van der Waals surface area contributed by atoms with E-state index in [2.05, 4.69) is 5.32 Å². The Morgan fingerprint density at radius 3 is 2.41 bits per heavy atom. The quantitative estimate of drug-likeness (QED) is 0.876. The lowest BCUT2D eigenvalue weighted by Gasteiger charge is -2.21. The largest absolute Gasteiger partial charge is 0.481 e. The van der Waals surface area contributed by atoms with Gasteiger partial charge < -0.3 is 15.2 Å². The first-order chi connectivity index (χ1) is 10.1. The fourth-order valence-corrected chi connectivity index (χ4v) is 1.72. The van der Waals surface area contributed by atoms with Gasteiger partial charge in [-0.3, -0.25) is 4.79 Å². The van der Waals surface area contributed by atoms with E-state index in [-0.39, 0.29) is 13.0 Å². The van der Waals surface area contributed by atoms with Crippen molar-refractivity contribution < 1.29 is 28.2 Å². The second-order valence-corrected chi connectivity index (χ2v) is 5.87. The molecule has 0 radical (unpaired) electrons. The standard InChI is InChI=1S/C15H19F2NO4/c1-15(2,3)22-14(21)18-8-10(13(19)20)6-9-4-5-11(16)12(17)7-9/h4-5,7,10H,6,8H2,1-3H3,(H,18,21)(H,19,20)/t10-/m0/s1. The number of hydrogen-bond acceptors (Lipinski definition) is 3. The van der Waals surface area contributed by atoms with Crippen LogP contribution >= 0.6 is 0 Å². The lowest BCUT2D eigenvalue weighted by Crippen LogP contribution is -2.37. The predicted octanol–water partition coefficient (Wildman–Crippen LogP) is 2.73. The van der Waals surface area contributed by atoms with Gasteiger partial charge in [0.1, 0.15) is 5.60 Å². The van der Waals surface area contributed by atoms with Crippen LogP contribution < -0.4 is 5.32 Å². The molecule has 0 aromatic heterocycles. The number of hydrogen-bond donors (Lipinski definition) is 2. The molecule has 1 amide bonds. The molecule has 22 heavy (non-hydrogen) atoms. The Morgan fingerprint density at radius 2 is 1.91 bits per heavy atom. The van der Waals surface area contributed by atoms with Crippen LogP contribution in [0.4, 0.5) is 13.6 Å². The minimum atomic E-state index is -1.15. The number of aliphatic carboxylic acids is 1. The van der Waals surface area contributed by atoms with Crippen LogP contribution in [0.3, 0.4) is 0 Å². The number of carboxylic acid groups (broad SMARTS) is 1. The monoisotopic (exact) mass is 315 g/mol. The van der Waals surface area contributed by atoms with E-state index in [1.165, 1.54) is 6.07 Å². The van der Waals surface area contributed by atoms with Crippen LogP contribution in [0.1, 0.15) is 26.3 Å². The molecule has 0 aliphatic carbocycles. The Bertz CT molecular complexity index is 555. The summed E-state index contributed by atoms with van der Waals surface area (Å²) in [5, 5.41) is 11.5. The molecule has 122 valence electrons. The van der Waals surface area contributed by atoms with E-state index in [1.807, 2.05) is 0 Å². The van der Waals surface area contributed by atoms with Crippen LogP contribution in [0.2, 0.25) is 0 Å². The third-order valence-electron chi connectivity index (χ3n) is 2.71. The summed E-state index contributed by atoms with van der Waals surface area (Å²) in [5.74, 6) is -4.16. The highest BCUT2D eigenvalue weighted by Gasteiger charge is 2.22. The molecule has 0 heterocycles. The molecule has 0 unspecified atom stereocenters. The van der Waals surface area contributed by atoms with Crippen molar-refractivity contribution in [1.29, 1.82) is 0 Å². The van der Waals surface area contributed by atoms with Gasteiger partial charge in [0.05, 0.1) is 5.92 Å². The highest BCUT2D eigenvalue weighted by Crippen LogP contribution is 2.14. The van der Waals surface area contributed by atoms with E-state index in [0.717, 1.165) is 12.1 Å². The fourth-order valence-electron chi connectivity index (χ4n) is 1.72. The molecule has 0 saturated carbocycles. The molecule has 0 saturated heterocycles. The van der Waals surface area contributed by atoms with Crippen molar-refractivity contribution in [3.8, 4) is 0 Å². The van der Waals surface area contributed by atoms with E-state index in [4.69, 9.17) is 9.84 Å². The molecule has 0 aliphatic heterocycles. The number of benzene rings is 1.